The summed E-state index contributed by atoms with van der Waals surface area (Å²) in [6, 6.07) is 7.96. The normalized spacial score (nSPS) is 12.0. The van der Waals surface area contributed by atoms with Gasteiger partial charge in [-0.1, -0.05) is 0 Å². The van der Waals surface area contributed by atoms with Gasteiger partial charge in [-0.25, -0.2) is 13.4 Å². The van der Waals surface area contributed by atoms with Crippen LogP contribution in [0.1, 0.15) is 0 Å². The Labute approximate surface area is 155 Å². The molecule has 2 aromatic carbocycles. The lowest BCUT2D eigenvalue weighted by Crippen LogP contribution is -2.23. The molecule has 0 atom stereocenters. The fraction of sp³-hybridized carbons (Fsp3) is 0.0625. The Morgan fingerprint density at radius 1 is 1.11 bits per heavy atom. The van der Waals surface area contributed by atoms with Gasteiger partial charge in [0.25, 0.3) is 9.84 Å². The molecule has 146 valence electrons. The lowest BCUT2D eigenvalue weighted by molar-refractivity contribution is -0.385. The molecule has 28 heavy (non-hydrogen) atoms. The van der Waals surface area contributed by atoms with Crippen molar-refractivity contribution in [3.8, 4) is 17.2 Å². The third-order valence-corrected chi connectivity index (χ3v) is 5.09. The summed E-state index contributed by atoms with van der Waals surface area (Å²) in [6.07, 6.45) is 4.82. The highest BCUT2D eigenvalue weighted by Crippen LogP contribution is 2.37. The van der Waals surface area contributed by atoms with Gasteiger partial charge in [0.2, 0.25) is 5.75 Å². The summed E-state index contributed by atoms with van der Waals surface area (Å²) in [5.74, 6) is -0.236. The number of imidazole rings is 1. The number of benzene rings is 2. The van der Waals surface area contributed by atoms with Crippen LogP contribution in [-0.4, -0.2) is 28.4 Å². The van der Waals surface area contributed by atoms with Gasteiger partial charge in [0, 0.05) is 24.1 Å². The number of aromatic nitrogens is 2. The molecule has 0 bridgehead atoms. The maximum absolute atomic E-state index is 12.7. The van der Waals surface area contributed by atoms with Crippen LogP contribution in [0, 0.1) is 10.1 Å². The Balaban J connectivity index is 1.93. The zero-order chi connectivity index (χ0) is 20.5. The summed E-state index contributed by atoms with van der Waals surface area (Å²) in [6.45, 7) is 0. The van der Waals surface area contributed by atoms with Crippen molar-refractivity contribution in [3.63, 3.8) is 0 Å². The predicted octanol–water partition coefficient (Wildman–Crippen LogP) is 3.87. The molecule has 12 heteroatoms. The molecule has 0 saturated heterocycles. The van der Waals surface area contributed by atoms with Gasteiger partial charge >= 0.3 is 11.2 Å². The number of hydrogen-bond acceptors (Lipinski definition) is 6. The molecule has 1 aromatic heterocycles. The Morgan fingerprint density at radius 2 is 1.79 bits per heavy atom. The zero-order valence-corrected chi connectivity index (χ0v) is 14.5. The van der Waals surface area contributed by atoms with Crippen molar-refractivity contribution in [3.05, 3.63) is 71.3 Å². The number of nitro benzene ring substituents is 1. The highest BCUT2D eigenvalue weighted by molar-refractivity contribution is 7.92. The van der Waals surface area contributed by atoms with Crippen LogP contribution in [0.2, 0.25) is 0 Å². The largest absolute Gasteiger partial charge is 0.501 e. The van der Waals surface area contributed by atoms with Crippen molar-refractivity contribution in [1.82, 2.24) is 9.55 Å². The Bertz CT molecular complexity index is 1110. The maximum atomic E-state index is 12.7. The van der Waals surface area contributed by atoms with Crippen LogP contribution in [-0.2, 0) is 9.84 Å². The maximum Gasteiger partial charge on any atom is 0.501 e. The number of sulfone groups is 1. The van der Waals surface area contributed by atoms with Crippen LogP contribution in [0.15, 0.2) is 66.1 Å². The molecule has 0 N–H and O–H groups in total. The monoisotopic (exact) mass is 413 g/mol. The van der Waals surface area contributed by atoms with Crippen LogP contribution in [0.3, 0.4) is 0 Å². The molecule has 0 unspecified atom stereocenters. The van der Waals surface area contributed by atoms with E-state index in [1.54, 1.807) is 35.4 Å². The summed E-state index contributed by atoms with van der Waals surface area (Å²) in [4.78, 5) is 12.8. The molecule has 0 fully saturated rings. The number of rotatable bonds is 5. The zero-order valence-electron chi connectivity index (χ0n) is 13.7. The SMILES string of the molecule is O=[N+]([O-])c1cc(S(=O)(=O)C(F)(F)F)ccc1Oc1ccc(-n2ccnc2)cc1. The van der Waals surface area contributed by atoms with E-state index in [4.69, 9.17) is 4.74 Å². The molecule has 3 rings (SSSR count). The molecule has 0 saturated carbocycles. The van der Waals surface area contributed by atoms with Gasteiger partial charge in [-0.2, -0.15) is 13.2 Å². The van der Waals surface area contributed by atoms with Crippen LogP contribution >= 0.6 is 0 Å². The van der Waals surface area contributed by atoms with E-state index in [0.717, 1.165) is 11.8 Å². The lowest BCUT2D eigenvalue weighted by Gasteiger charge is -2.11. The number of ether oxygens (including phenoxy) is 1. The predicted molar refractivity (Wildman–Crippen MR) is 90.0 cm³/mol. The van der Waals surface area contributed by atoms with Crippen LogP contribution in [0.25, 0.3) is 5.69 Å². The average molecular weight is 413 g/mol. The highest BCUT2D eigenvalue weighted by Gasteiger charge is 2.47. The topological polar surface area (TPSA) is 104 Å². The summed E-state index contributed by atoms with van der Waals surface area (Å²) >= 11 is 0. The second-order valence-electron chi connectivity index (χ2n) is 5.40. The van der Waals surface area contributed by atoms with Crippen LogP contribution in [0.4, 0.5) is 18.9 Å². The van der Waals surface area contributed by atoms with Crippen molar-refractivity contribution in [1.29, 1.82) is 0 Å². The first-order valence-electron chi connectivity index (χ1n) is 7.45. The molecule has 8 nitrogen and oxygen atoms in total. The first-order valence-corrected chi connectivity index (χ1v) is 8.94. The second-order valence-corrected chi connectivity index (χ2v) is 7.34. The van der Waals surface area contributed by atoms with Gasteiger partial charge in [0.15, 0.2) is 0 Å². The standard InChI is InChI=1S/C16H10F3N3O5S/c17-16(18,19)28(25,26)13-5-6-15(14(9-13)22(23)24)27-12-3-1-11(2-4-12)21-8-7-20-10-21/h1-10H. The molecular formula is C16H10F3N3O5S. The number of hydrogen-bond donors (Lipinski definition) is 0. The molecule has 0 spiro atoms. The molecular weight excluding hydrogens is 403 g/mol. The molecule has 0 amide bonds. The van der Waals surface area contributed by atoms with E-state index in [1.807, 2.05) is 0 Å². The Hall–Kier alpha value is -3.41. The number of halogens is 3. The third kappa shape index (κ3) is 3.67. The lowest BCUT2D eigenvalue weighted by atomic mass is 10.2. The van der Waals surface area contributed by atoms with Gasteiger partial charge in [-0.3, -0.25) is 10.1 Å². The van der Waals surface area contributed by atoms with Gasteiger partial charge in [0.1, 0.15) is 5.75 Å². The smallest absolute Gasteiger partial charge is 0.450 e. The average Bonchev–Trinajstić information content (AvgIpc) is 3.16. The summed E-state index contributed by atoms with van der Waals surface area (Å²) in [5.41, 5.74) is -5.76. The van der Waals surface area contributed by atoms with Crippen LogP contribution < -0.4 is 4.74 Å². The van der Waals surface area contributed by atoms with Gasteiger partial charge in [-0.05, 0) is 36.4 Å². The fourth-order valence-electron chi connectivity index (χ4n) is 2.25. The minimum atomic E-state index is -5.72. The van der Waals surface area contributed by atoms with E-state index in [1.165, 1.54) is 12.1 Å². The molecule has 0 aliphatic heterocycles. The number of alkyl halides is 3. The summed E-state index contributed by atoms with van der Waals surface area (Å²) in [7, 11) is -5.72. The Kier molecular flexibility index (Phi) is 4.81. The molecule has 0 aliphatic rings. The van der Waals surface area contributed by atoms with Crippen molar-refractivity contribution < 1.29 is 31.2 Å². The van der Waals surface area contributed by atoms with Crippen molar-refractivity contribution in [2.24, 2.45) is 0 Å². The quantitative estimate of drug-likeness (QED) is 0.465. The molecule has 0 radical (unpaired) electrons. The third-order valence-electron chi connectivity index (χ3n) is 3.61. The van der Waals surface area contributed by atoms with Crippen molar-refractivity contribution in [2.75, 3.05) is 0 Å². The minimum absolute atomic E-state index is 0.165. The molecule has 0 aliphatic carbocycles. The minimum Gasteiger partial charge on any atom is -0.450 e. The Morgan fingerprint density at radius 3 is 2.32 bits per heavy atom. The van der Waals surface area contributed by atoms with E-state index in [0.29, 0.717) is 12.1 Å². The first-order chi connectivity index (χ1) is 13.1. The fourth-order valence-corrected chi connectivity index (χ4v) is 3.03. The van der Waals surface area contributed by atoms with Gasteiger partial charge in [-0.15, -0.1) is 0 Å². The molecule has 3 aromatic rings. The number of nitro groups is 1. The van der Waals surface area contributed by atoms with E-state index in [9.17, 15) is 31.7 Å². The number of nitrogens with zero attached hydrogens (tertiary/aromatic N) is 3. The first kappa shape index (κ1) is 19.4. The summed E-state index contributed by atoms with van der Waals surface area (Å²) in [5, 5.41) is 11.2. The van der Waals surface area contributed by atoms with E-state index < -0.39 is 36.6 Å². The van der Waals surface area contributed by atoms with E-state index in [-0.39, 0.29) is 5.75 Å². The highest BCUT2D eigenvalue weighted by atomic mass is 32.2. The van der Waals surface area contributed by atoms with Gasteiger partial charge in [0.05, 0.1) is 16.1 Å². The van der Waals surface area contributed by atoms with E-state index >= 15 is 0 Å². The van der Waals surface area contributed by atoms with E-state index in [2.05, 4.69) is 4.98 Å². The van der Waals surface area contributed by atoms with Crippen LogP contribution in [0.5, 0.6) is 11.5 Å². The summed E-state index contributed by atoms with van der Waals surface area (Å²) < 4.78 is 67.9. The molecule has 1 heterocycles. The van der Waals surface area contributed by atoms with Crippen molar-refractivity contribution >= 4 is 15.5 Å². The van der Waals surface area contributed by atoms with Crippen molar-refractivity contribution in [2.45, 2.75) is 10.4 Å². The second kappa shape index (κ2) is 6.96. The van der Waals surface area contributed by atoms with Gasteiger partial charge < -0.3 is 9.30 Å².